The molecular weight excluding hydrogens is 496 g/mol. The van der Waals surface area contributed by atoms with E-state index in [-0.39, 0.29) is 17.5 Å². The molecule has 0 unspecified atom stereocenters. The summed E-state index contributed by atoms with van der Waals surface area (Å²) in [6.45, 7) is 3.52. The molecule has 0 saturated carbocycles. The lowest BCUT2D eigenvalue weighted by Crippen LogP contribution is -2.43. The number of hydrogen-bond donors (Lipinski definition) is 1. The molecule has 0 bridgehead atoms. The minimum atomic E-state index is -0.405. The quantitative estimate of drug-likeness (QED) is 0.272. The second kappa shape index (κ2) is 13.8. The molecule has 0 atom stereocenters. The lowest BCUT2D eigenvalue weighted by atomic mass is 10.2. The lowest BCUT2D eigenvalue weighted by Gasteiger charge is -2.25. The van der Waals surface area contributed by atoms with Gasteiger partial charge in [0.05, 0.1) is 25.2 Å². The third-order valence-electron chi connectivity index (χ3n) is 4.35. The fraction of sp³-hybridized carbons (Fsp3) is 0.348. The lowest BCUT2D eigenvalue weighted by molar-refractivity contribution is -0.143. The largest absolute Gasteiger partial charge is 0.490 e. The van der Waals surface area contributed by atoms with Gasteiger partial charge < -0.3 is 19.1 Å². The van der Waals surface area contributed by atoms with Crippen LogP contribution in [0.25, 0.3) is 0 Å². The molecule has 172 valence electrons. The van der Waals surface area contributed by atoms with Crippen molar-refractivity contribution in [3.05, 3.63) is 64.1 Å². The van der Waals surface area contributed by atoms with Crippen LogP contribution in [0.5, 0.6) is 5.75 Å². The van der Waals surface area contributed by atoms with Gasteiger partial charge in [-0.2, -0.15) is 0 Å². The number of amides is 1. The standard InChI is InChI=1S/C23H27BrN2O5S/c1-3-30-21(27)11-12-26(16-17-7-5-4-6-8-17)23(32)25-22(28)19-15-18(24)9-10-20(19)31-14-13-29-2/h4-10,15H,3,11-14,16H2,1-2H3,(H,25,28,32). The number of carbonyl (C=O) groups excluding carboxylic acids is 2. The number of thiocarbonyl (C=S) groups is 1. The molecule has 0 aliphatic carbocycles. The van der Waals surface area contributed by atoms with Crippen LogP contribution in [0.15, 0.2) is 53.0 Å². The minimum Gasteiger partial charge on any atom is -0.490 e. The molecule has 2 aromatic rings. The van der Waals surface area contributed by atoms with E-state index in [2.05, 4.69) is 21.2 Å². The first kappa shape index (κ1) is 25.8. The summed E-state index contributed by atoms with van der Waals surface area (Å²) in [5.41, 5.74) is 1.34. The summed E-state index contributed by atoms with van der Waals surface area (Å²) in [5, 5.41) is 2.98. The highest BCUT2D eigenvalue weighted by molar-refractivity contribution is 9.10. The molecule has 1 amide bonds. The van der Waals surface area contributed by atoms with E-state index in [9.17, 15) is 9.59 Å². The molecule has 0 aliphatic heterocycles. The maximum absolute atomic E-state index is 13.0. The first-order valence-corrected chi connectivity index (χ1v) is 11.4. The average molecular weight is 523 g/mol. The molecule has 0 aromatic heterocycles. The predicted octanol–water partition coefficient (Wildman–Crippen LogP) is 3.94. The van der Waals surface area contributed by atoms with Gasteiger partial charge in [0, 0.05) is 24.7 Å². The van der Waals surface area contributed by atoms with Crippen LogP contribution in [0, 0.1) is 0 Å². The molecular formula is C23H27BrN2O5S. The molecule has 0 spiro atoms. The Morgan fingerprint density at radius 2 is 1.88 bits per heavy atom. The van der Waals surface area contributed by atoms with E-state index in [0.29, 0.717) is 44.2 Å². The van der Waals surface area contributed by atoms with E-state index in [1.54, 1.807) is 37.1 Å². The van der Waals surface area contributed by atoms with Gasteiger partial charge in [0.25, 0.3) is 5.91 Å². The molecule has 1 N–H and O–H groups in total. The average Bonchev–Trinajstić information content (AvgIpc) is 2.78. The Morgan fingerprint density at radius 3 is 2.56 bits per heavy atom. The summed E-state index contributed by atoms with van der Waals surface area (Å²) in [6.07, 6.45) is 0.152. The number of nitrogens with zero attached hydrogens (tertiary/aromatic N) is 1. The zero-order valence-corrected chi connectivity index (χ0v) is 20.5. The second-order valence-corrected chi connectivity index (χ2v) is 8.01. The monoisotopic (exact) mass is 522 g/mol. The Bertz CT molecular complexity index is 911. The Morgan fingerprint density at radius 1 is 1.12 bits per heavy atom. The maximum atomic E-state index is 13.0. The fourth-order valence-electron chi connectivity index (χ4n) is 2.80. The fourth-order valence-corrected chi connectivity index (χ4v) is 3.41. The number of benzene rings is 2. The van der Waals surface area contributed by atoms with Crippen LogP contribution in [0.4, 0.5) is 0 Å². The van der Waals surface area contributed by atoms with Crippen molar-refractivity contribution in [2.45, 2.75) is 19.9 Å². The zero-order valence-electron chi connectivity index (χ0n) is 18.1. The molecule has 9 heteroatoms. The van der Waals surface area contributed by atoms with Crippen molar-refractivity contribution in [1.82, 2.24) is 10.2 Å². The molecule has 2 aromatic carbocycles. The Labute approximate surface area is 202 Å². The SMILES string of the molecule is CCOC(=O)CCN(Cc1ccccc1)C(=S)NC(=O)c1cc(Br)ccc1OCCOC. The summed E-state index contributed by atoms with van der Waals surface area (Å²) in [5.74, 6) is -0.301. The van der Waals surface area contributed by atoms with Gasteiger partial charge in [-0.1, -0.05) is 46.3 Å². The minimum absolute atomic E-state index is 0.152. The highest BCUT2D eigenvalue weighted by atomic mass is 79.9. The number of nitrogens with one attached hydrogen (secondary N) is 1. The molecule has 0 fully saturated rings. The molecule has 0 aliphatic rings. The van der Waals surface area contributed by atoms with Crippen molar-refractivity contribution < 1.29 is 23.8 Å². The third-order valence-corrected chi connectivity index (χ3v) is 5.20. The van der Waals surface area contributed by atoms with Crippen molar-refractivity contribution in [3.63, 3.8) is 0 Å². The van der Waals surface area contributed by atoms with Crippen molar-refractivity contribution >= 4 is 45.1 Å². The van der Waals surface area contributed by atoms with Crippen LogP contribution >= 0.6 is 28.1 Å². The first-order valence-electron chi connectivity index (χ1n) is 10.2. The van der Waals surface area contributed by atoms with Gasteiger partial charge >= 0.3 is 5.97 Å². The predicted molar refractivity (Wildman–Crippen MR) is 130 cm³/mol. The third kappa shape index (κ3) is 8.57. The van der Waals surface area contributed by atoms with Crippen molar-refractivity contribution in [2.24, 2.45) is 0 Å². The van der Waals surface area contributed by atoms with Gasteiger partial charge in [-0.15, -0.1) is 0 Å². The topological polar surface area (TPSA) is 77.1 Å². The van der Waals surface area contributed by atoms with Crippen LogP contribution in [-0.4, -0.2) is 55.4 Å². The Balaban J connectivity index is 2.14. The number of halogens is 1. The Hall–Kier alpha value is -2.49. The van der Waals surface area contributed by atoms with Crippen LogP contribution in [0.2, 0.25) is 0 Å². The number of carbonyl (C=O) groups is 2. The number of ether oxygens (including phenoxy) is 3. The van der Waals surface area contributed by atoms with E-state index in [1.807, 2.05) is 30.3 Å². The van der Waals surface area contributed by atoms with Gasteiger partial charge in [-0.05, 0) is 42.9 Å². The number of hydrogen-bond acceptors (Lipinski definition) is 6. The van der Waals surface area contributed by atoms with Crippen molar-refractivity contribution in [2.75, 3.05) is 33.5 Å². The van der Waals surface area contributed by atoms with Gasteiger partial charge in [0.15, 0.2) is 5.11 Å². The van der Waals surface area contributed by atoms with Gasteiger partial charge in [0.2, 0.25) is 0 Å². The van der Waals surface area contributed by atoms with Gasteiger partial charge in [-0.3, -0.25) is 14.9 Å². The van der Waals surface area contributed by atoms with Crippen molar-refractivity contribution in [1.29, 1.82) is 0 Å². The summed E-state index contributed by atoms with van der Waals surface area (Å²) >= 11 is 8.91. The van der Waals surface area contributed by atoms with Crippen LogP contribution in [-0.2, 0) is 20.8 Å². The van der Waals surface area contributed by atoms with Crippen LogP contribution in [0.3, 0.4) is 0 Å². The molecule has 0 heterocycles. The molecule has 2 rings (SSSR count). The normalized spacial score (nSPS) is 10.3. The van der Waals surface area contributed by atoms with E-state index in [1.165, 1.54) is 0 Å². The van der Waals surface area contributed by atoms with Gasteiger partial charge in [-0.25, -0.2) is 0 Å². The van der Waals surface area contributed by atoms with Crippen LogP contribution < -0.4 is 10.1 Å². The van der Waals surface area contributed by atoms with E-state index in [4.69, 9.17) is 26.4 Å². The second-order valence-electron chi connectivity index (χ2n) is 6.70. The first-order chi connectivity index (χ1) is 15.4. The zero-order chi connectivity index (χ0) is 23.3. The maximum Gasteiger partial charge on any atom is 0.307 e. The molecule has 7 nitrogen and oxygen atoms in total. The number of rotatable bonds is 11. The Kier molecular flexibility index (Phi) is 11.1. The van der Waals surface area contributed by atoms with E-state index < -0.39 is 5.91 Å². The summed E-state index contributed by atoms with van der Waals surface area (Å²) in [7, 11) is 1.58. The summed E-state index contributed by atoms with van der Waals surface area (Å²) in [4.78, 5) is 26.6. The summed E-state index contributed by atoms with van der Waals surface area (Å²) < 4.78 is 16.4. The van der Waals surface area contributed by atoms with E-state index in [0.717, 1.165) is 10.0 Å². The van der Waals surface area contributed by atoms with Gasteiger partial charge in [0.1, 0.15) is 12.4 Å². The number of methoxy groups -OCH3 is 1. The van der Waals surface area contributed by atoms with Crippen molar-refractivity contribution in [3.8, 4) is 5.75 Å². The van der Waals surface area contributed by atoms with Crippen LogP contribution in [0.1, 0.15) is 29.3 Å². The number of esters is 1. The highest BCUT2D eigenvalue weighted by Gasteiger charge is 2.19. The highest BCUT2D eigenvalue weighted by Crippen LogP contribution is 2.23. The smallest absolute Gasteiger partial charge is 0.307 e. The molecule has 0 radical (unpaired) electrons. The van der Waals surface area contributed by atoms with E-state index >= 15 is 0 Å². The summed E-state index contributed by atoms with van der Waals surface area (Å²) in [6, 6.07) is 14.8. The molecule has 0 saturated heterocycles. The molecule has 32 heavy (non-hydrogen) atoms.